The molecular weight excluding hydrogens is 676 g/mol. The van der Waals surface area contributed by atoms with Crippen molar-refractivity contribution in [3.63, 3.8) is 0 Å². The number of aryl methyl sites for hydroxylation is 2. The summed E-state index contributed by atoms with van der Waals surface area (Å²) in [6, 6.07) is 27.9. The molecule has 0 spiro atoms. The predicted molar refractivity (Wildman–Crippen MR) is 202 cm³/mol. The van der Waals surface area contributed by atoms with Crippen LogP contribution in [-0.4, -0.2) is 48.8 Å². The zero-order chi connectivity index (χ0) is 37.3. The maximum Gasteiger partial charge on any atom is 0.287 e. The molecule has 0 atom stereocenters. The molecule has 3 aromatic carbocycles. The van der Waals surface area contributed by atoms with Crippen LogP contribution < -0.4 is 36.1 Å². The molecule has 0 aliphatic carbocycles. The smallest absolute Gasteiger partial charge is 0.287 e. The Morgan fingerprint density at radius 3 is 1.70 bits per heavy atom. The van der Waals surface area contributed by atoms with Gasteiger partial charge in [0, 0.05) is 25.2 Å². The summed E-state index contributed by atoms with van der Waals surface area (Å²) in [6.45, 7) is 4.96. The molecule has 14 nitrogen and oxygen atoms in total. The summed E-state index contributed by atoms with van der Waals surface area (Å²) in [6.07, 6.45) is 2.75. The Bertz CT molecular complexity index is 2490. The Morgan fingerprint density at radius 1 is 0.623 bits per heavy atom. The number of ether oxygens (including phenoxy) is 2. The molecule has 7 aromatic rings. The van der Waals surface area contributed by atoms with Crippen molar-refractivity contribution in [3.8, 4) is 11.5 Å². The van der Waals surface area contributed by atoms with Gasteiger partial charge in [0.25, 0.3) is 11.1 Å². The van der Waals surface area contributed by atoms with Gasteiger partial charge in [-0.15, -0.1) is 9.46 Å². The molecule has 270 valence electrons. The lowest BCUT2D eigenvalue weighted by Crippen LogP contribution is -2.28. The first-order valence-corrected chi connectivity index (χ1v) is 16.6. The van der Waals surface area contributed by atoms with E-state index in [1.165, 1.54) is 29.5 Å². The van der Waals surface area contributed by atoms with Crippen LogP contribution in [-0.2, 0) is 19.7 Å². The highest BCUT2D eigenvalue weighted by molar-refractivity contribution is 5.91. The van der Waals surface area contributed by atoms with Crippen LogP contribution in [0.1, 0.15) is 28.1 Å². The third-order valence-corrected chi connectivity index (χ3v) is 8.35. The van der Waals surface area contributed by atoms with Crippen molar-refractivity contribution in [2.24, 2.45) is 0 Å². The van der Waals surface area contributed by atoms with Crippen molar-refractivity contribution in [2.45, 2.75) is 33.5 Å². The average Bonchev–Trinajstić information content (AvgIpc) is 3.18. The molecule has 0 aliphatic rings. The van der Waals surface area contributed by atoms with Crippen LogP contribution >= 0.6 is 0 Å². The minimum atomic E-state index is -0.552. The number of anilines is 2. The number of hydrogen-bond acceptors (Lipinski definition) is 12. The monoisotopic (exact) mass is 714 g/mol. The van der Waals surface area contributed by atoms with Gasteiger partial charge in [0.05, 0.1) is 47.8 Å². The second-order valence-electron chi connectivity index (χ2n) is 11.9. The number of fused-ring (bicyclic) bond motifs is 2. The average molecular weight is 715 g/mol. The van der Waals surface area contributed by atoms with Crippen molar-refractivity contribution in [1.29, 1.82) is 0 Å². The highest BCUT2D eigenvalue weighted by Crippen LogP contribution is 2.25. The van der Waals surface area contributed by atoms with E-state index < -0.39 is 5.56 Å². The molecule has 4 aromatic heterocycles. The van der Waals surface area contributed by atoms with E-state index in [0.717, 1.165) is 39.3 Å². The Hall–Kier alpha value is -6.96. The Morgan fingerprint density at radius 2 is 1.13 bits per heavy atom. The number of benzene rings is 3. The molecule has 0 amide bonds. The largest absolute Gasteiger partial charge is 0.497 e. The van der Waals surface area contributed by atoms with Crippen LogP contribution in [0.2, 0.25) is 0 Å². The highest BCUT2D eigenvalue weighted by atomic mass is 16.7. The zero-order valence-electron chi connectivity index (χ0n) is 29.6. The summed E-state index contributed by atoms with van der Waals surface area (Å²) in [5.41, 5.74) is 5.42. The molecule has 53 heavy (non-hydrogen) atoms. The molecular formula is C39H38N8O6. The fraction of sp³-hybridized carbons (Fsp3) is 0.179. The van der Waals surface area contributed by atoms with E-state index in [-0.39, 0.29) is 17.8 Å². The van der Waals surface area contributed by atoms with Crippen LogP contribution in [0.15, 0.2) is 113 Å². The van der Waals surface area contributed by atoms with Crippen LogP contribution in [0.5, 0.6) is 11.5 Å². The summed E-state index contributed by atoms with van der Waals surface area (Å²) in [5.74, 6) is 1.54. The minimum Gasteiger partial charge on any atom is -0.497 e. The minimum absolute atomic E-state index is 0.179. The molecule has 4 heterocycles. The van der Waals surface area contributed by atoms with Gasteiger partial charge in [-0.1, -0.05) is 54.6 Å². The molecule has 7 rings (SSSR count). The van der Waals surface area contributed by atoms with Crippen LogP contribution in [0.4, 0.5) is 11.4 Å². The third kappa shape index (κ3) is 8.34. The summed E-state index contributed by atoms with van der Waals surface area (Å²) < 4.78 is 12.2. The van der Waals surface area contributed by atoms with E-state index in [4.69, 9.17) is 14.3 Å². The van der Waals surface area contributed by atoms with Gasteiger partial charge in [-0.2, -0.15) is 0 Å². The van der Waals surface area contributed by atoms with Gasteiger partial charge in [-0.3, -0.25) is 9.59 Å². The summed E-state index contributed by atoms with van der Waals surface area (Å²) in [4.78, 5) is 47.2. The summed E-state index contributed by atoms with van der Waals surface area (Å²) in [7, 11) is 3.25. The number of hydrogen-bond donors (Lipinski definition) is 3. The van der Waals surface area contributed by atoms with Gasteiger partial charge in [-0.05, 0) is 54.8 Å². The van der Waals surface area contributed by atoms with E-state index in [1.807, 2.05) is 85.8 Å². The zero-order valence-corrected chi connectivity index (χ0v) is 29.6. The fourth-order valence-electron chi connectivity index (χ4n) is 5.66. The number of nitrogens with zero attached hydrogens (tertiary/aromatic N) is 6. The van der Waals surface area contributed by atoms with Crippen LogP contribution in [0.3, 0.4) is 0 Å². The Labute approximate surface area is 304 Å². The lowest BCUT2D eigenvalue weighted by atomic mass is 10.2. The van der Waals surface area contributed by atoms with Crippen LogP contribution in [0.25, 0.3) is 22.1 Å². The number of aromatic nitrogens is 6. The molecule has 0 saturated carbocycles. The van der Waals surface area contributed by atoms with Gasteiger partial charge in [-0.25, -0.2) is 19.9 Å². The summed E-state index contributed by atoms with van der Waals surface area (Å²) in [5, 5.41) is 17.7. The first-order chi connectivity index (χ1) is 25.7. The number of methoxy groups -OCH3 is 2. The van der Waals surface area contributed by atoms with Crippen molar-refractivity contribution >= 4 is 33.4 Å². The molecule has 0 radical (unpaired) electrons. The molecule has 3 N–H and O–H groups in total. The Kier molecular flexibility index (Phi) is 11.1. The topological polar surface area (TPSA) is 168 Å². The maximum atomic E-state index is 12.8. The van der Waals surface area contributed by atoms with Gasteiger partial charge < -0.3 is 30.2 Å². The highest BCUT2D eigenvalue weighted by Gasteiger charge is 2.15. The van der Waals surface area contributed by atoms with E-state index in [9.17, 15) is 14.8 Å². The lowest BCUT2D eigenvalue weighted by Gasteiger charge is -2.15. The predicted octanol–water partition coefficient (Wildman–Crippen LogP) is 5.31. The number of nitrogens with one attached hydrogen (secondary N) is 2. The van der Waals surface area contributed by atoms with E-state index in [1.54, 1.807) is 21.1 Å². The van der Waals surface area contributed by atoms with E-state index >= 15 is 0 Å². The molecule has 0 unspecified atom stereocenters. The van der Waals surface area contributed by atoms with Gasteiger partial charge in [0.2, 0.25) is 0 Å². The van der Waals surface area contributed by atoms with Crippen molar-refractivity contribution in [3.05, 3.63) is 152 Å². The second kappa shape index (κ2) is 16.4. The van der Waals surface area contributed by atoms with Gasteiger partial charge >= 0.3 is 0 Å². The third-order valence-electron chi connectivity index (χ3n) is 8.35. The van der Waals surface area contributed by atoms with Crippen molar-refractivity contribution < 1.29 is 19.5 Å². The summed E-state index contributed by atoms with van der Waals surface area (Å²) >= 11 is 0. The Balaban J connectivity index is 0.000000188. The normalized spacial score (nSPS) is 10.7. The first kappa shape index (κ1) is 35.9. The maximum absolute atomic E-state index is 12.8. The van der Waals surface area contributed by atoms with Crippen molar-refractivity contribution in [2.75, 3.05) is 24.9 Å². The molecule has 0 bridgehead atoms. The second-order valence-corrected chi connectivity index (χ2v) is 11.9. The van der Waals surface area contributed by atoms with E-state index in [2.05, 4.69) is 30.6 Å². The molecule has 0 aliphatic heterocycles. The quantitative estimate of drug-likeness (QED) is 0.148. The van der Waals surface area contributed by atoms with Crippen molar-refractivity contribution in [1.82, 2.24) is 29.4 Å². The number of rotatable bonds is 11. The SMILES string of the molecule is COc1cccc(CNc2cc(=O)n(O)c3ncnc(C)c23)c1.COc1cccc(CNc2cc(=O)n(OCc3ccccc3)c3ncnc(C)c23)c1. The van der Waals surface area contributed by atoms with Gasteiger partial charge in [0.15, 0.2) is 11.3 Å². The standard InChI is InChI=1S/C23H22N4O3.C16H16N4O3/c1-16-22-20(24-13-18-9-6-10-19(11-18)29-2)12-21(28)27(23(22)26-15-25-16)30-14-17-7-4-3-5-8-17;1-10-15-13(7-14(21)20(22)16(15)19-9-18-10)17-8-11-4-3-5-12(6-11)23-2/h3-12,15,24H,13-14H2,1-2H3;3-7,9,17,22H,8H2,1-2H3. The lowest BCUT2D eigenvalue weighted by molar-refractivity contribution is 0.0979. The molecule has 14 heteroatoms. The van der Waals surface area contributed by atoms with Gasteiger partial charge in [0.1, 0.15) is 30.8 Å². The molecule has 0 fully saturated rings. The van der Waals surface area contributed by atoms with E-state index in [0.29, 0.717) is 45.9 Å². The molecule has 0 saturated heterocycles. The first-order valence-electron chi connectivity index (χ1n) is 16.6. The van der Waals surface area contributed by atoms with Crippen LogP contribution in [0, 0.1) is 13.8 Å². The fourth-order valence-corrected chi connectivity index (χ4v) is 5.66. The number of pyridine rings is 2.